The molecule has 9 nitrogen and oxygen atoms in total. The number of hydrogen-bond donors (Lipinski definition) is 3. The van der Waals surface area contributed by atoms with E-state index in [0.29, 0.717) is 55.2 Å². The minimum absolute atomic E-state index is 0.268. The molecule has 1 atom stereocenters. The number of nitrogens with zero attached hydrogens (tertiary/aromatic N) is 2. The molecule has 0 bridgehead atoms. The van der Waals surface area contributed by atoms with Gasteiger partial charge in [0.15, 0.2) is 22.6 Å². The summed E-state index contributed by atoms with van der Waals surface area (Å²) in [4.78, 5) is 22.5. The van der Waals surface area contributed by atoms with Gasteiger partial charge in [0.1, 0.15) is 11.5 Å². The number of carbonyl (C=O) groups is 1. The molecule has 202 valence electrons. The van der Waals surface area contributed by atoms with Gasteiger partial charge in [-0.2, -0.15) is 0 Å². The van der Waals surface area contributed by atoms with E-state index in [1.807, 2.05) is 24.3 Å². The predicted octanol–water partition coefficient (Wildman–Crippen LogP) is 6.43. The Labute approximate surface area is 238 Å². The van der Waals surface area contributed by atoms with Gasteiger partial charge in [-0.05, 0) is 42.5 Å². The largest absolute Gasteiger partial charge is 0.497 e. The Morgan fingerprint density at radius 2 is 1.43 bits per heavy atom. The summed E-state index contributed by atoms with van der Waals surface area (Å²) in [6, 6.07) is 26.1. The SMILES string of the molecule is COc1cc(Nc2nc3ccccc3nc2NS(=O)c2cccc(NC(=O)c3ccccc3Cl)c2)cc(OC)c1. The smallest absolute Gasteiger partial charge is 0.257 e. The van der Waals surface area contributed by atoms with E-state index in [2.05, 4.69) is 20.3 Å². The van der Waals surface area contributed by atoms with Crippen LogP contribution in [0.5, 0.6) is 11.5 Å². The van der Waals surface area contributed by atoms with Crippen LogP contribution in [0.1, 0.15) is 10.4 Å². The van der Waals surface area contributed by atoms with Gasteiger partial charge in [-0.15, -0.1) is 0 Å². The molecule has 4 aromatic carbocycles. The maximum atomic E-state index is 13.4. The number of carbonyl (C=O) groups excluding carboxylic acids is 1. The Balaban J connectivity index is 1.43. The second kappa shape index (κ2) is 12.0. The van der Waals surface area contributed by atoms with Crippen LogP contribution in [0.4, 0.5) is 23.0 Å². The van der Waals surface area contributed by atoms with Crippen LogP contribution in [0, 0.1) is 0 Å². The van der Waals surface area contributed by atoms with Crippen molar-refractivity contribution in [2.24, 2.45) is 0 Å². The molecule has 5 rings (SSSR count). The second-order valence-electron chi connectivity index (χ2n) is 8.47. The van der Waals surface area contributed by atoms with E-state index >= 15 is 0 Å². The monoisotopic (exact) mass is 573 g/mol. The number of methoxy groups -OCH3 is 2. The topological polar surface area (TPSA) is 114 Å². The molecule has 0 fully saturated rings. The molecule has 1 unspecified atom stereocenters. The zero-order valence-electron chi connectivity index (χ0n) is 21.5. The lowest BCUT2D eigenvalue weighted by atomic mass is 10.2. The first-order chi connectivity index (χ1) is 19.4. The van der Waals surface area contributed by atoms with Crippen molar-refractivity contribution in [2.45, 2.75) is 4.90 Å². The highest BCUT2D eigenvalue weighted by molar-refractivity contribution is 7.86. The van der Waals surface area contributed by atoms with E-state index in [1.165, 1.54) is 0 Å². The molecule has 0 aliphatic heterocycles. The maximum absolute atomic E-state index is 13.4. The summed E-state index contributed by atoms with van der Waals surface area (Å²) in [6.07, 6.45) is 0. The number of benzene rings is 4. The zero-order chi connectivity index (χ0) is 28.1. The standard InChI is InChI=1S/C29H24ClN5O4S/c1-38-20-14-19(15-21(17-20)39-2)31-27-28(34-26-13-6-5-12-25(26)33-27)35-40(37)22-9-7-8-18(16-22)32-29(36)23-10-3-4-11-24(23)30/h3-17H,1-2H3,(H,31,33)(H,32,36)(H,34,35). The van der Waals surface area contributed by atoms with Gasteiger partial charge in [0.25, 0.3) is 5.91 Å². The van der Waals surface area contributed by atoms with E-state index in [1.54, 1.807) is 80.9 Å². The van der Waals surface area contributed by atoms with Crippen LogP contribution in [0.25, 0.3) is 11.0 Å². The Bertz CT molecular complexity index is 1710. The molecule has 3 N–H and O–H groups in total. The number of halogens is 1. The number of fused-ring (bicyclic) bond motifs is 1. The Morgan fingerprint density at radius 1 is 0.775 bits per heavy atom. The van der Waals surface area contributed by atoms with Crippen molar-refractivity contribution in [1.29, 1.82) is 0 Å². The fourth-order valence-corrected chi connectivity index (χ4v) is 4.95. The lowest BCUT2D eigenvalue weighted by Crippen LogP contribution is -2.13. The molecule has 0 radical (unpaired) electrons. The molecule has 0 saturated heterocycles. The van der Waals surface area contributed by atoms with Crippen LogP contribution >= 0.6 is 11.6 Å². The number of ether oxygens (including phenoxy) is 2. The van der Waals surface area contributed by atoms with Crippen LogP contribution < -0.4 is 24.8 Å². The summed E-state index contributed by atoms with van der Waals surface area (Å²) in [5.41, 5.74) is 2.71. The van der Waals surface area contributed by atoms with Crippen LogP contribution in [-0.2, 0) is 11.0 Å². The van der Waals surface area contributed by atoms with Crippen LogP contribution in [-0.4, -0.2) is 34.3 Å². The van der Waals surface area contributed by atoms with Gasteiger partial charge in [-0.25, -0.2) is 14.2 Å². The normalized spacial score (nSPS) is 11.5. The zero-order valence-corrected chi connectivity index (χ0v) is 23.0. The molecule has 0 aliphatic carbocycles. The van der Waals surface area contributed by atoms with Crippen LogP contribution in [0.3, 0.4) is 0 Å². The Hall–Kier alpha value is -4.67. The summed E-state index contributed by atoms with van der Waals surface area (Å²) < 4.78 is 27.2. The van der Waals surface area contributed by atoms with E-state index in [0.717, 1.165) is 0 Å². The molecule has 5 aromatic rings. The summed E-state index contributed by atoms with van der Waals surface area (Å²) in [5, 5.41) is 6.37. The van der Waals surface area contributed by atoms with Gasteiger partial charge in [0.05, 0.1) is 40.7 Å². The van der Waals surface area contributed by atoms with E-state index in [-0.39, 0.29) is 11.7 Å². The molecule has 0 spiro atoms. The van der Waals surface area contributed by atoms with Crippen molar-refractivity contribution >= 4 is 62.5 Å². The first-order valence-corrected chi connectivity index (χ1v) is 13.6. The average molecular weight is 574 g/mol. The van der Waals surface area contributed by atoms with Crippen LogP contribution in [0.15, 0.2) is 95.9 Å². The third-order valence-electron chi connectivity index (χ3n) is 5.80. The van der Waals surface area contributed by atoms with Crippen molar-refractivity contribution < 1.29 is 18.5 Å². The molecule has 11 heteroatoms. The first-order valence-electron chi connectivity index (χ1n) is 12.0. The summed E-state index contributed by atoms with van der Waals surface area (Å²) in [7, 11) is 1.38. The molecule has 0 aliphatic rings. The lowest BCUT2D eigenvalue weighted by molar-refractivity contribution is 0.102. The highest BCUT2D eigenvalue weighted by Crippen LogP contribution is 2.31. The molecule has 0 saturated carbocycles. The van der Waals surface area contributed by atoms with Gasteiger partial charge in [-0.3, -0.25) is 9.52 Å². The minimum atomic E-state index is -1.75. The second-order valence-corrected chi connectivity index (χ2v) is 10.1. The van der Waals surface area contributed by atoms with E-state index in [9.17, 15) is 9.00 Å². The number of hydrogen-bond acceptors (Lipinski definition) is 7. The van der Waals surface area contributed by atoms with E-state index in [4.69, 9.17) is 26.1 Å². The van der Waals surface area contributed by atoms with Crippen molar-refractivity contribution in [3.63, 3.8) is 0 Å². The minimum Gasteiger partial charge on any atom is -0.497 e. The first kappa shape index (κ1) is 26.9. The number of rotatable bonds is 9. The molecule has 40 heavy (non-hydrogen) atoms. The van der Waals surface area contributed by atoms with Crippen molar-refractivity contribution in [3.8, 4) is 11.5 Å². The predicted molar refractivity (Wildman–Crippen MR) is 158 cm³/mol. The van der Waals surface area contributed by atoms with Crippen molar-refractivity contribution in [1.82, 2.24) is 9.97 Å². The van der Waals surface area contributed by atoms with Gasteiger partial charge >= 0.3 is 0 Å². The van der Waals surface area contributed by atoms with Gasteiger partial charge < -0.3 is 20.1 Å². The Kier molecular flexibility index (Phi) is 8.09. The Morgan fingerprint density at radius 3 is 2.10 bits per heavy atom. The highest BCUT2D eigenvalue weighted by Gasteiger charge is 2.16. The quantitative estimate of drug-likeness (QED) is 0.186. The highest BCUT2D eigenvalue weighted by atomic mass is 35.5. The molecule has 1 heterocycles. The van der Waals surface area contributed by atoms with Crippen LogP contribution in [0.2, 0.25) is 5.02 Å². The number of para-hydroxylation sites is 2. The molecular weight excluding hydrogens is 550 g/mol. The maximum Gasteiger partial charge on any atom is 0.257 e. The summed E-state index contributed by atoms with van der Waals surface area (Å²) in [6.45, 7) is 0. The van der Waals surface area contributed by atoms with Gasteiger partial charge in [0, 0.05) is 29.6 Å². The average Bonchev–Trinajstić information content (AvgIpc) is 2.97. The fourth-order valence-electron chi connectivity index (χ4n) is 3.85. The summed E-state index contributed by atoms with van der Waals surface area (Å²) in [5.74, 6) is 1.42. The number of anilines is 4. The van der Waals surface area contributed by atoms with Crippen molar-refractivity contribution in [2.75, 3.05) is 29.6 Å². The fraction of sp³-hybridized carbons (Fsp3) is 0.0690. The molecule has 1 amide bonds. The lowest BCUT2D eigenvalue weighted by Gasteiger charge is -2.15. The number of aromatic nitrogens is 2. The number of nitrogens with one attached hydrogen (secondary N) is 3. The summed E-state index contributed by atoms with van der Waals surface area (Å²) >= 11 is 6.15. The van der Waals surface area contributed by atoms with E-state index < -0.39 is 11.0 Å². The third-order valence-corrected chi connectivity index (χ3v) is 7.19. The number of amides is 1. The van der Waals surface area contributed by atoms with Gasteiger partial charge in [0.2, 0.25) is 0 Å². The molecule has 1 aromatic heterocycles. The van der Waals surface area contributed by atoms with Gasteiger partial charge in [-0.1, -0.05) is 41.9 Å². The molecular formula is C29H24ClN5O4S. The van der Waals surface area contributed by atoms with Crippen molar-refractivity contribution in [3.05, 3.63) is 102 Å². The third kappa shape index (κ3) is 6.14.